The lowest BCUT2D eigenvalue weighted by atomic mass is 10.4. The molecule has 17 heteroatoms. The van der Waals surface area contributed by atoms with Gasteiger partial charge in [0.25, 0.3) is 0 Å². The molecule has 0 rings (SSSR count). The van der Waals surface area contributed by atoms with Crippen LogP contribution in [0, 0.1) is 0 Å². The normalized spacial score (nSPS) is 11.4. The molecule has 0 aliphatic heterocycles. The lowest BCUT2D eigenvalue weighted by Crippen LogP contribution is -2.16. The molecule has 304 valence electrons. The van der Waals surface area contributed by atoms with Crippen molar-refractivity contribution in [2.45, 2.75) is 6.92 Å². The molecule has 1 N–H and O–H groups in total. The second-order valence-corrected chi connectivity index (χ2v) is 10.2. The van der Waals surface area contributed by atoms with Crippen LogP contribution in [0.15, 0.2) is 12.2 Å². The lowest BCUT2D eigenvalue weighted by molar-refractivity contribution is -0.140. The number of rotatable bonds is 45. The van der Waals surface area contributed by atoms with Gasteiger partial charge in [-0.3, -0.25) is 0 Å². The number of aliphatic hydroxyl groups is 1. The van der Waals surface area contributed by atoms with Crippen molar-refractivity contribution in [3.05, 3.63) is 12.2 Å². The fourth-order valence-corrected chi connectivity index (χ4v) is 3.34. The van der Waals surface area contributed by atoms with E-state index in [1.807, 2.05) is 0 Å². The second-order valence-electron chi connectivity index (χ2n) is 10.2. The summed E-state index contributed by atoms with van der Waals surface area (Å²) in [6.45, 7) is 18.5. The smallest absolute Gasteiger partial charge is 0.333 e. The highest BCUT2D eigenvalue weighted by Crippen LogP contribution is 1.92. The second kappa shape index (κ2) is 44.8. The Kier molecular flexibility index (Phi) is 43.5. The zero-order chi connectivity index (χ0) is 37.0. The van der Waals surface area contributed by atoms with Crippen LogP contribution in [0.5, 0.6) is 0 Å². The number of esters is 1. The van der Waals surface area contributed by atoms with E-state index in [1.54, 1.807) is 6.92 Å². The summed E-state index contributed by atoms with van der Waals surface area (Å²) in [6, 6.07) is 0. The van der Waals surface area contributed by atoms with Crippen molar-refractivity contribution < 1.29 is 81.0 Å². The molecule has 0 aromatic rings. The van der Waals surface area contributed by atoms with Gasteiger partial charge < -0.3 is 76.2 Å². The van der Waals surface area contributed by atoms with Crippen molar-refractivity contribution in [1.82, 2.24) is 0 Å². The summed E-state index contributed by atoms with van der Waals surface area (Å²) >= 11 is 0. The van der Waals surface area contributed by atoms with Crippen molar-refractivity contribution in [3.63, 3.8) is 0 Å². The molecule has 0 unspecified atom stereocenters. The minimum Gasteiger partial charge on any atom is -0.460 e. The first-order valence-corrected chi connectivity index (χ1v) is 17.7. The average Bonchev–Trinajstić information content (AvgIpc) is 3.13. The Morgan fingerprint density at radius 2 is 0.490 bits per heavy atom. The molecule has 0 fully saturated rings. The molecule has 0 aromatic carbocycles. The Labute approximate surface area is 304 Å². The maximum Gasteiger partial charge on any atom is 0.333 e. The highest BCUT2D eigenvalue weighted by atomic mass is 16.6. The number of ether oxygens (including phenoxy) is 15. The maximum atomic E-state index is 11.2. The molecule has 17 nitrogen and oxygen atoms in total. The highest BCUT2D eigenvalue weighted by molar-refractivity contribution is 5.86. The molecule has 0 bridgehead atoms. The zero-order valence-corrected chi connectivity index (χ0v) is 30.9. The van der Waals surface area contributed by atoms with Gasteiger partial charge in [0.15, 0.2) is 0 Å². The Morgan fingerprint density at radius 1 is 0.333 bits per heavy atom. The first kappa shape index (κ1) is 49.6. The summed E-state index contributed by atoms with van der Waals surface area (Å²) in [5.41, 5.74) is 0.367. The molecule has 0 saturated carbocycles. The van der Waals surface area contributed by atoms with E-state index in [9.17, 15) is 4.79 Å². The first-order valence-electron chi connectivity index (χ1n) is 17.7. The third-order valence-corrected chi connectivity index (χ3v) is 5.88. The minimum atomic E-state index is -0.416. The van der Waals surface area contributed by atoms with Crippen molar-refractivity contribution >= 4 is 5.97 Å². The van der Waals surface area contributed by atoms with Crippen molar-refractivity contribution in [2.24, 2.45) is 0 Å². The van der Waals surface area contributed by atoms with Gasteiger partial charge in [-0.1, -0.05) is 6.58 Å². The van der Waals surface area contributed by atoms with Gasteiger partial charge in [0.2, 0.25) is 0 Å². The standard InChI is InChI=1S/C34H66O17/c1-33(2)34(36)51-32-31-50-30-29-49-28-27-48-26-25-47-24-23-46-22-21-45-20-19-44-18-17-43-16-15-42-14-13-41-12-11-40-10-9-39-8-7-38-6-5-37-4-3-35/h35H,1,3-32H2,2H3. The quantitative estimate of drug-likeness (QED) is 0.0512. The number of hydrogen-bond acceptors (Lipinski definition) is 17. The number of aliphatic hydroxyl groups excluding tert-OH is 1. The van der Waals surface area contributed by atoms with E-state index >= 15 is 0 Å². The van der Waals surface area contributed by atoms with Crippen molar-refractivity contribution in [1.29, 1.82) is 0 Å². The molecule has 0 amide bonds. The van der Waals surface area contributed by atoms with Crippen molar-refractivity contribution in [2.75, 3.05) is 198 Å². The van der Waals surface area contributed by atoms with Gasteiger partial charge in [0.05, 0.1) is 192 Å². The summed E-state index contributed by atoms with van der Waals surface area (Å²) in [5, 5.41) is 8.58. The first-order chi connectivity index (χ1) is 25.2. The average molecular weight is 747 g/mol. The topological polar surface area (TPSA) is 176 Å². The molecule has 0 aromatic heterocycles. The van der Waals surface area contributed by atoms with Crippen LogP contribution in [-0.4, -0.2) is 209 Å². The zero-order valence-electron chi connectivity index (χ0n) is 30.9. The summed E-state index contributed by atoms with van der Waals surface area (Å²) in [6.07, 6.45) is 0. The molecular weight excluding hydrogens is 680 g/mol. The molecule has 51 heavy (non-hydrogen) atoms. The number of carbonyl (C=O) groups is 1. The van der Waals surface area contributed by atoms with E-state index in [4.69, 9.17) is 76.2 Å². The van der Waals surface area contributed by atoms with Crippen LogP contribution in [0.25, 0.3) is 0 Å². The van der Waals surface area contributed by atoms with Gasteiger partial charge in [-0.15, -0.1) is 0 Å². The number of hydrogen-bond donors (Lipinski definition) is 1. The predicted octanol–water partition coefficient (Wildman–Crippen LogP) is 0.330. The molecule has 0 radical (unpaired) electrons. The monoisotopic (exact) mass is 746 g/mol. The maximum absolute atomic E-state index is 11.2. The van der Waals surface area contributed by atoms with Crippen molar-refractivity contribution in [3.8, 4) is 0 Å². The lowest BCUT2D eigenvalue weighted by Gasteiger charge is -2.09. The summed E-state index contributed by atoms with van der Waals surface area (Å²) in [7, 11) is 0. The van der Waals surface area contributed by atoms with Gasteiger partial charge in [-0.2, -0.15) is 0 Å². The van der Waals surface area contributed by atoms with Crippen LogP contribution >= 0.6 is 0 Å². The van der Waals surface area contributed by atoms with Crippen LogP contribution in [0.3, 0.4) is 0 Å². The summed E-state index contributed by atoms with van der Waals surface area (Å²) in [5.74, 6) is -0.416. The van der Waals surface area contributed by atoms with E-state index in [2.05, 4.69) is 6.58 Å². The summed E-state index contributed by atoms with van der Waals surface area (Å²) in [4.78, 5) is 11.2. The van der Waals surface area contributed by atoms with Crippen LogP contribution < -0.4 is 0 Å². The largest absolute Gasteiger partial charge is 0.460 e. The van der Waals surface area contributed by atoms with E-state index in [0.717, 1.165) is 0 Å². The van der Waals surface area contributed by atoms with Gasteiger partial charge in [0, 0.05) is 5.57 Å². The van der Waals surface area contributed by atoms with Crippen LogP contribution in [-0.2, 0) is 75.8 Å². The molecule has 0 aliphatic rings. The third kappa shape index (κ3) is 44.7. The molecule has 0 saturated heterocycles. The van der Waals surface area contributed by atoms with Gasteiger partial charge >= 0.3 is 5.97 Å². The SMILES string of the molecule is C=C(C)C(=O)OCCOCCOCCOCCOCCOCCOCCOCCOCCOCCOCCOCCOCCOCCOCCO. The molecule has 0 atom stereocenters. The fraction of sp³-hybridized carbons (Fsp3) is 0.912. The molecule has 0 aliphatic carbocycles. The van der Waals surface area contributed by atoms with Gasteiger partial charge in [0.1, 0.15) is 6.61 Å². The summed E-state index contributed by atoms with van der Waals surface area (Å²) < 4.78 is 80.6. The molecule has 0 spiro atoms. The molecular formula is C34H66O17. The van der Waals surface area contributed by atoms with Gasteiger partial charge in [-0.25, -0.2) is 4.79 Å². The Balaban J connectivity index is 3.07. The van der Waals surface area contributed by atoms with E-state index in [-0.39, 0.29) is 13.2 Å². The van der Waals surface area contributed by atoms with E-state index in [0.29, 0.717) is 191 Å². The number of carbonyl (C=O) groups excluding carboxylic acids is 1. The Morgan fingerprint density at radius 3 is 0.647 bits per heavy atom. The fourth-order valence-electron chi connectivity index (χ4n) is 3.34. The Hall–Kier alpha value is -1.39. The predicted molar refractivity (Wildman–Crippen MR) is 184 cm³/mol. The minimum absolute atomic E-state index is 0.0203. The van der Waals surface area contributed by atoms with E-state index < -0.39 is 5.97 Å². The van der Waals surface area contributed by atoms with Crippen LogP contribution in [0.2, 0.25) is 0 Å². The van der Waals surface area contributed by atoms with Crippen LogP contribution in [0.1, 0.15) is 6.92 Å². The molecule has 0 heterocycles. The third-order valence-electron chi connectivity index (χ3n) is 5.88. The van der Waals surface area contributed by atoms with Gasteiger partial charge in [-0.05, 0) is 6.92 Å². The Bertz CT molecular complexity index is 704. The van der Waals surface area contributed by atoms with Crippen LogP contribution in [0.4, 0.5) is 0 Å². The highest BCUT2D eigenvalue weighted by Gasteiger charge is 2.02. The van der Waals surface area contributed by atoms with E-state index in [1.165, 1.54) is 0 Å².